The highest BCUT2D eigenvalue weighted by molar-refractivity contribution is 7.02. The molecule has 3 aliphatic heterocycles. The van der Waals surface area contributed by atoms with Gasteiger partial charge in [-0.15, -0.1) is 0 Å². The van der Waals surface area contributed by atoms with E-state index >= 15 is 0 Å². The van der Waals surface area contributed by atoms with Crippen molar-refractivity contribution in [2.24, 2.45) is 0 Å². The van der Waals surface area contributed by atoms with Crippen LogP contribution in [-0.2, 0) is 10.8 Å². The van der Waals surface area contributed by atoms with E-state index in [4.69, 9.17) is 14.2 Å². The second-order valence-corrected chi connectivity index (χ2v) is 21.2. The average molecular weight is 891 g/mol. The van der Waals surface area contributed by atoms with Gasteiger partial charge in [-0.25, -0.2) is 0 Å². The zero-order chi connectivity index (χ0) is 46.5. The van der Waals surface area contributed by atoms with Crippen LogP contribution in [-0.4, -0.2) is 22.6 Å². The molecule has 0 saturated carbocycles. The number of para-hydroxylation sites is 5. The molecular weight excluding hydrogens is 842 g/mol. The highest BCUT2D eigenvalue weighted by Crippen LogP contribution is 2.43. The zero-order valence-corrected chi connectivity index (χ0v) is 39.6. The average Bonchev–Trinajstić information content (AvgIpc) is 3.87. The predicted octanol–water partition coefficient (Wildman–Crippen LogP) is 11.8. The monoisotopic (exact) mass is 890 g/mol. The van der Waals surface area contributed by atoms with Crippen molar-refractivity contribution < 1.29 is 14.2 Å². The summed E-state index contributed by atoms with van der Waals surface area (Å²) < 4.78 is 26.8. The topological polar surface area (TPSA) is 37.5 Å². The SMILES string of the molecule is CC(C)(C)c1ccc2c(c1)B1c3cc(C(C)(C)C)ccc3Oc3c1c(cc1c3B(c3c(-n4c5ccccc5c5ccccc54)cccc3-n3c4ccccc4c4ccccc43)c3ccccc3O1)O2. The van der Waals surface area contributed by atoms with Crippen LogP contribution in [0.4, 0.5) is 0 Å². The van der Waals surface area contributed by atoms with Crippen LogP contribution in [0.25, 0.3) is 55.0 Å². The van der Waals surface area contributed by atoms with Crippen LogP contribution in [0.1, 0.15) is 52.7 Å². The second kappa shape index (κ2) is 14.3. The van der Waals surface area contributed by atoms with E-state index in [1.54, 1.807) is 0 Å². The van der Waals surface area contributed by atoms with Gasteiger partial charge in [0, 0.05) is 49.9 Å². The van der Waals surface area contributed by atoms with Crippen LogP contribution in [0.15, 0.2) is 182 Å². The van der Waals surface area contributed by atoms with Crippen molar-refractivity contribution in [3.8, 4) is 45.9 Å². The first-order valence-electron chi connectivity index (χ1n) is 24.2. The molecule has 2 aromatic heterocycles. The molecule has 0 bridgehead atoms. The lowest BCUT2D eigenvalue weighted by Crippen LogP contribution is -2.62. The Morgan fingerprint density at radius 2 is 0.739 bits per heavy atom. The van der Waals surface area contributed by atoms with E-state index in [2.05, 4.69) is 233 Å². The molecule has 0 amide bonds. The molecule has 0 aliphatic carbocycles. The molecular formula is C62H48B2N2O3. The molecule has 0 N–H and O–H groups in total. The molecule has 0 spiro atoms. The number of hydrogen-bond donors (Lipinski definition) is 0. The van der Waals surface area contributed by atoms with Crippen molar-refractivity contribution >= 4 is 89.8 Å². The van der Waals surface area contributed by atoms with E-state index in [-0.39, 0.29) is 24.3 Å². The molecule has 5 nitrogen and oxygen atoms in total. The summed E-state index contributed by atoms with van der Waals surface area (Å²) in [5, 5.41) is 4.84. The Morgan fingerprint density at radius 3 is 1.22 bits per heavy atom. The fourth-order valence-corrected chi connectivity index (χ4v) is 11.8. The third-order valence-electron chi connectivity index (χ3n) is 15.1. The number of aromatic nitrogens is 2. The molecule has 0 atom stereocenters. The van der Waals surface area contributed by atoms with Crippen LogP contribution in [0.5, 0.6) is 34.5 Å². The number of hydrogen-bond acceptors (Lipinski definition) is 3. The summed E-state index contributed by atoms with van der Waals surface area (Å²) >= 11 is 0. The standard InChI is InChI=1S/C62H48B2N2O3/c1-61(2,3)37-30-32-53-44(34-37)63-45-35-38(62(4,5)6)31-33-54(45)69-60-58(63)55(68-53)36-56-59(60)64(43-22-11-16-29-52(43)67-56)57-50(65-46-23-12-7-18-39(46)40-19-8-13-24-47(40)65)27-17-28-51(57)66-48-25-14-9-20-41(48)42-21-10-15-26-49(42)66/h7-36H,1-6H3. The van der Waals surface area contributed by atoms with Crippen LogP contribution in [0.2, 0.25) is 0 Å². The molecule has 7 heteroatoms. The maximum Gasteiger partial charge on any atom is 0.261 e. The number of fused-ring (bicyclic) bond motifs is 13. The van der Waals surface area contributed by atoms with Crippen molar-refractivity contribution in [1.82, 2.24) is 9.13 Å². The largest absolute Gasteiger partial charge is 0.459 e. The first-order valence-corrected chi connectivity index (χ1v) is 24.2. The van der Waals surface area contributed by atoms with Gasteiger partial charge in [0.05, 0.1) is 22.1 Å². The summed E-state index contributed by atoms with van der Waals surface area (Å²) in [6, 6.07) is 66.4. The summed E-state index contributed by atoms with van der Waals surface area (Å²) in [5.41, 5.74) is 15.7. The van der Waals surface area contributed by atoms with E-state index in [0.29, 0.717) is 0 Å². The van der Waals surface area contributed by atoms with E-state index < -0.39 is 0 Å². The predicted molar refractivity (Wildman–Crippen MR) is 288 cm³/mol. The fraction of sp³-hybridized carbons (Fsp3) is 0.129. The highest BCUT2D eigenvalue weighted by Gasteiger charge is 2.48. The summed E-state index contributed by atoms with van der Waals surface area (Å²) in [7, 11) is 0. The van der Waals surface area contributed by atoms with Gasteiger partial charge >= 0.3 is 0 Å². The molecule has 0 unspecified atom stereocenters. The van der Waals surface area contributed by atoms with E-state index in [0.717, 1.165) is 101 Å². The van der Waals surface area contributed by atoms with Crippen LogP contribution >= 0.6 is 0 Å². The Labute approximate surface area is 402 Å². The minimum atomic E-state index is -0.366. The normalized spacial score (nSPS) is 13.7. The number of ether oxygens (including phenoxy) is 3. The van der Waals surface area contributed by atoms with Gasteiger partial charge in [0.2, 0.25) is 0 Å². The Morgan fingerprint density at radius 1 is 0.333 bits per heavy atom. The van der Waals surface area contributed by atoms with Gasteiger partial charge in [-0.1, -0.05) is 163 Å². The lowest BCUT2D eigenvalue weighted by Gasteiger charge is -2.38. The number of benzene rings is 9. The maximum absolute atomic E-state index is 7.54. The maximum atomic E-state index is 7.54. The van der Waals surface area contributed by atoms with Gasteiger partial charge in [0.25, 0.3) is 13.4 Å². The molecule has 0 saturated heterocycles. The minimum absolute atomic E-state index is 0.0718. The van der Waals surface area contributed by atoms with Gasteiger partial charge in [0.15, 0.2) is 0 Å². The van der Waals surface area contributed by atoms with E-state index in [1.807, 2.05) is 0 Å². The third-order valence-corrected chi connectivity index (χ3v) is 15.1. The van der Waals surface area contributed by atoms with Gasteiger partial charge in [-0.05, 0) is 98.4 Å². The summed E-state index contributed by atoms with van der Waals surface area (Å²) in [5.74, 6) is 4.79. The first kappa shape index (κ1) is 40.2. The molecule has 330 valence electrons. The Bertz CT molecular complexity index is 3730. The number of nitrogens with zero attached hydrogens (tertiary/aromatic N) is 2. The van der Waals surface area contributed by atoms with Gasteiger partial charge < -0.3 is 23.3 Å². The van der Waals surface area contributed by atoms with Gasteiger partial charge in [0.1, 0.15) is 34.5 Å². The molecule has 69 heavy (non-hydrogen) atoms. The Hall–Kier alpha value is -7.89. The molecule has 0 radical (unpaired) electrons. The second-order valence-electron chi connectivity index (χ2n) is 21.2. The van der Waals surface area contributed by atoms with Crippen molar-refractivity contribution in [1.29, 1.82) is 0 Å². The van der Waals surface area contributed by atoms with Crippen molar-refractivity contribution in [3.05, 3.63) is 193 Å². The smallest absolute Gasteiger partial charge is 0.261 e. The zero-order valence-electron chi connectivity index (χ0n) is 39.6. The van der Waals surface area contributed by atoms with E-state index in [9.17, 15) is 0 Å². The minimum Gasteiger partial charge on any atom is -0.459 e. The summed E-state index contributed by atoms with van der Waals surface area (Å²) in [6.45, 7) is 13.2. The van der Waals surface area contributed by atoms with Crippen LogP contribution in [0, 0.1) is 0 Å². The van der Waals surface area contributed by atoms with Crippen LogP contribution < -0.4 is 47.0 Å². The molecule has 11 aromatic rings. The molecule has 3 aliphatic rings. The molecule has 0 fully saturated rings. The number of rotatable bonds is 3. The van der Waals surface area contributed by atoms with Crippen molar-refractivity contribution in [3.63, 3.8) is 0 Å². The van der Waals surface area contributed by atoms with Crippen LogP contribution in [0.3, 0.4) is 0 Å². The molecule has 14 rings (SSSR count). The third kappa shape index (κ3) is 5.80. The summed E-state index contributed by atoms with van der Waals surface area (Å²) in [6.07, 6.45) is 0. The Kier molecular flexibility index (Phi) is 8.34. The summed E-state index contributed by atoms with van der Waals surface area (Å²) in [4.78, 5) is 0. The van der Waals surface area contributed by atoms with Gasteiger partial charge in [-0.3, -0.25) is 0 Å². The lowest BCUT2D eigenvalue weighted by atomic mass is 9.31. The molecule has 5 heterocycles. The van der Waals surface area contributed by atoms with Gasteiger partial charge in [-0.2, -0.15) is 0 Å². The molecule has 9 aromatic carbocycles. The first-order chi connectivity index (χ1) is 33.5. The van der Waals surface area contributed by atoms with E-state index in [1.165, 1.54) is 32.7 Å². The quantitative estimate of drug-likeness (QED) is 0.166. The van der Waals surface area contributed by atoms with Crippen molar-refractivity contribution in [2.45, 2.75) is 52.4 Å². The Balaban J connectivity index is 1.13. The lowest BCUT2D eigenvalue weighted by molar-refractivity contribution is 0.446. The van der Waals surface area contributed by atoms with Crippen molar-refractivity contribution in [2.75, 3.05) is 0 Å². The fourth-order valence-electron chi connectivity index (χ4n) is 11.8. The highest BCUT2D eigenvalue weighted by atomic mass is 16.5.